The number of rotatable bonds is 4. The van der Waals surface area contributed by atoms with Gasteiger partial charge in [0.2, 0.25) is 5.91 Å². The van der Waals surface area contributed by atoms with Gasteiger partial charge in [-0.15, -0.1) is 11.3 Å². The summed E-state index contributed by atoms with van der Waals surface area (Å²) in [7, 11) is 0. The number of thiazole rings is 1. The molecule has 0 saturated carbocycles. The standard InChI is InChI=1S/C18H19F2N3OS/c1-11-21-13(10-25-11)9-23-15-5-6-22(16(15)7-17(23)24)8-12-3-2-4-14(19)18(12)20/h2-4,10,15-16H,5-9H2,1H3/t15-,16-/m0/s1. The third kappa shape index (κ3) is 3.06. The van der Waals surface area contributed by atoms with E-state index in [2.05, 4.69) is 9.88 Å². The van der Waals surface area contributed by atoms with E-state index in [9.17, 15) is 13.6 Å². The maximum atomic E-state index is 14.0. The minimum atomic E-state index is -0.823. The molecule has 2 aromatic rings. The van der Waals surface area contributed by atoms with E-state index in [1.54, 1.807) is 17.4 Å². The Morgan fingerprint density at radius 2 is 2.12 bits per heavy atom. The number of aromatic nitrogens is 1. The molecule has 132 valence electrons. The van der Waals surface area contributed by atoms with Crippen LogP contribution < -0.4 is 0 Å². The third-order valence-corrected chi connectivity index (χ3v) is 5.96. The molecule has 4 rings (SSSR count). The fraction of sp³-hybridized carbons (Fsp3) is 0.444. The minimum absolute atomic E-state index is 0.0647. The fourth-order valence-corrected chi connectivity index (χ4v) is 4.56. The molecule has 2 atom stereocenters. The lowest BCUT2D eigenvalue weighted by molar-refractivity contribution is -0.129. The van der Waals surface area contributed by atoms with Crippen LogP contribution in [0.4, 0.5) is 8.78 Å². The molecular formula is C18H19F2N3OS. The zero-order chi connectivity index (χ0) is 17.6. The molecule has 7 heteroatoms. The van der Waals surface area contributed by atoms with Crippen molar-refractivity contribution in [2.75, 3.05) is 6.54 Å². The lowest BCUT2D eigenvalue weighted by Crippen LogP contribution is -2.36. The average molecular weight is 363 g/mol. The molecule has 2 saturated heterocycles. The van der Waals surface area contributed by atoms with Crippen molar-refractivity contribution in [3.8, 4) is 0 Å². The average Bonchev–Trinajstić information content (AvgIpc) is 3.24. The van der Waals surface area contributed by atoms with E-state index < -0.39 is 11.6 Å². The Morgan fingerprint density at radius 3 is 2.88 bits per heavy atom. The summed E-state index contributed by atoms with van der Waals surface area (Å²) in [5, 5.41) is 2.98. The summed E-state index contributed by atoms with van der Waals surface area (Å²) in [6.45, 7) is 3.60. The lowest BCUT2D eigenvalue weighted by Gasteiger charge is -2.25. The molecular weight excluding hydrogens is 344 g/mol. The van der Waals surface area contributed by atoms with Crippen molar-refractivity contribution >= 4 is 17.2 Å². The van der Waals surface area contributed by atoms with E-state index >= 15 is 0 Å². The summed E-state index contributed by atoms with van der Waals surface area (Å²) in [5.41, 5.74) is 1.27. The van der Waals surface area contributed by atoms with E-state index in [1.165, 1.54) is 6.07 Å². The number of amides is 1. The van der Waals surface area contributed by atoms with Gasteiger partial charge in [-0.3, -0.25) is 9.69 Å². The molecule has 1 amide bonds. The Kier molecular flexibility index (Phi) is 4.29. The molecule has 3 heterocycles. The smallest absolute Gasteiger partial charge is 0.224 e. The molecule has 2 aliphatic rings. The molecule has 0 bridgehead atoms. The maximum absolute atomic E-state index is 14.0. The van der Waals surface area contributed by atoms with Gasteiger partial charge in [0.1, 0.15) is 0 Å². The number of aryl methyl sites for hydroxylation is 1. The second-order valence-corrected chi connectivity index (χ2v) is 7.75. The van der Waals surface area contributed by atoms with E-state index in [4.69, 9.17) is 0 Å². The van der Waals surface area contributed by atoms with Crippen molar-refractivity contribution in [3.63, 3.8) is 0 Å². The molecule has 2 fully saturated rings. The Hall–Kier alpha value is -1.86. The second-order valence-electron chi connectivity index (χ2n) is 6.69. The van der Waals surface area contributed by atoms with Crippen LogP contribution in [0.15, 0.2) is 23.6 Å². The zero-order valence-electron chi connectivity index (χ0n) is 13.9. The van der Waals surface area contributed by atoms with E-state index in [0.29, 0.717) is 25.1 Å². The summed E-state index contributed by atoms with van der Waals surface area (Å²) < 4.78 is 27.4. The normalized spacial score (nSPS) is 23.5. The van der Waals surface area contributed by atoms with E-state index in [0.717, 1.165) is 29.7 Å². The molecule has 0 spiro atoms. The number of fused-ring (bicyclic) bond motifs is 1. The summed E-state index contributed by atoms with van der Waals surface area (Å²) in [4.78, 5) is 20.9. The van der Waals surface area contributed by atoms with Gasteiger partial charge in [-0.25, -0.2) is 13.8 Å². The van der Waals surface area contributed by atoms with Gasteiger partial charge in [0.25, 0.3) is 0 Å². The molecule has 0 unspecified atom stereocenters. The summed E-state index contributed by atoms with van der Waals surface area (Å²) in [5.74, 6) is -1.49. The topological polar surface area (TPSA) is 36.4 Å². The van der Waals surface area contributed by atoms with Crippen molar-refractivity contribution in [2.45, 2.75) is 44.9 Å². The zero-order valence-corrected chi connectivity index (χ0v) is 14.7. The van der Waals surface area contributed by atoms with E-state index in [1.807, 2.05) is 17.2 Å². The van der Waals surface area contributed by atoms with Crippen LogP contribution in [0.3, 0.4) is 0 Å². The third-order valence-electron chi connectivity index (χ3n) is 5.13. The second kappa shape index (κ2) is 6.46. The van der Waals surface area contributed by atoms with Crippen molar-refractivity contribution < 1.29 is 13.6 Å². The first-order chi connectivity index (χ1) is 12.0. The number of benzene rings is 1. The van der Waals surface area contributed by atoms with Gasteiger partial charge in [0, 0.05) is 42.5 Å². The van der Waals surface area contributed by atoms with Crippen LogP contribution in [-0.4, -0.2) is 39.3 Å². The Morgan fingerprint density at radius 1 is 1.28 bits per heavy atom. The highest BCUT2D eigenvalue weighted by atomic mass is 32.1. The predicted octanol–water partition coefficient (Wildman–Crippen LogP) is 3.11. The molecule has 0 aliphatic carbocycles. The number of hydrogen-bond donors (Lipinski definition) is 0. The van der Waals surface area contributed by atoms with Crippen molar-refractivity contribution in [2.24, 2.45) is 0 Å². The fourth-order valence-electron chi connectivity index (χ4n) is 3.96. The summed E-state index contributed by atoms with van der Waals surface area (Å²) in [6, 6.07) is 4.46. The number of likely N-dealkylation sites (tertiary alicyclic amines) is 2. The quantitative estimate of drug-likeness (QED) is 0.838. The van der Waals surface area contributed by atoms with Crippen LogP contribution in [0.5, 0.6) is 0 Å². The molecule has 25 heavy (non-hydrogen) atoms. The largest absolute Gasteiger partial charge is 0.332 e. The molecule has 0 radical (unpaired) electrons. The Balaban J connectivity index is 1.49. The number of halogens is 2. The van der Waals surface area contributed by atoms with Gasteiger partial charge in [-0.1, -0.05) is 12.1 Å². The van der Waals surface area contributed by atoms with Gasteiger partial charge in [0.05, 0.1) is 17.2 Å². The van der Waals surface area contributed by atoms with Gasteiger partial charge in [-0.2, -0.15) is 0 Å². The monoisotopic (exact) mass is 363 g/mol. The summed E-state index contributed by atoms with van der Waals surface area (Å²) in [6.07, 6.45) is 1.29. The molecule has 1 aromatic carbocycles. The SMILES string of the molecule is Cc1nc(CN2C(=O)C[C@H]3[C@@H]2CCN3Cc2cccc(F)c2F)cs1. The van der Waals surface area contributed by atoms with Crippen LogP contribution in [0, 0.1) is 18.6 Å². The highest BCUT2D eigenvalue weighted by Crippen LogP contribution is 2.34. The maximum Gasteiger partial charge on any atom is 0.224 e. The van der Waals surface area contributed by atoms with Gasteiger partial charge in [-0.05, 0) is 19.4 Å². The van der Waals surface area contributed by atoms with Crippen LogP contribution >= 0.6 is 11.3 Å². The molecule has 0 N–H and O–H groups in total. The highest BCUT2D eigenvalue weighted by Gasteiger charge is 2.46. The molecule has 1 aromatic heterocycles. The highest BCUT2D eigenvalue weighted by molar-refractivity contribution is 7.09. The first-order valence-corrected chi connectivity index (χ1v) is 9.28. The number of nitrogens with zero attached hydrogens (tertiary/aromatic N) is 3. The Labute approximate surface area is 149 Å². The first-order valence-electron chi connectivity index (χ1n) is 8.40. The summed E-state index contributed by atoms with van der Waals surface area (Å²) >= 11 is 1.58. The van der Waals surface area contributed by atoms with Gasteiger partial charge < -0.3 is 4.90 Å². The van der Waals surface area contributed by atoms with Crippen LogP contribution in [-0.2, 0) is 17.9 Å². The first kappa shape index (κ1) is 16.6. The molecule has 2 aliphatic heterocycles. The van der Waals surface area contributed by atoms with Gasteiger partial charge >= 0.3 is 0 Å². The van der Waals surface area contributed by atoms with Crippen molar-refractivity contribution in [3.05, 3.63) is 51.5 Å². The van der Waals surface area contributed by atoms with Gasteiger partial charge in [0.15, 0.2) is 11.6 Å². The van der Waals surface area contributed by atoms with Crippen LogP contribution in [0.1, 0.15) is 29.1 Å². The minimum Gasteiger partial charge on any atom is -0.332 e. The van der Waals surface area contributed by atoms with Crippen molar-refractivity contribution in [1.29, 1.82) is 0 Å². The van der Waals surface area contributed by atoms with Crippen LogP contribution in [0.25, 0.3) is 0 Å². The van der Waals surface area contributed by atoms with Crippen LogP contribution in [0.2, 0.25) is 0 Å². The predicted molar refractivity (Wildman–Crippen MR) is 91.0 cm³/mol. The lowest BCUT2D eigenvalue weighted by atomic mass is 10.1. The molecule has 4 nitrogen and oxygen atoms in total. The van der Waals surface area contributed by atoms with Crippen molar-refractivity contribution in [1.82, 2.24) is 14.8 Å². The number of carbonyl (C=O) groups is 1. The number of carbonyl (C=O) groups excluding carboxylic acids is 1. The Bertz CT molecular complexity index is 809. The van der Waals surface area contributed by atoms with E-state index in [-0.39, 0.29) is 18.0 Å². The number of hydrogen-bond acceptors (Lipinski definition) is 4.